The van der Waals surface area contributed by atoms with E-state index in [0.29, 0.717) is 0 Å². The summed E-state index contributed by atoms with van der Waals surface area (Å²) in [6, 6.07) is 1.02. The van der Waals surface area contributed by atoms with Crippen LogP contribution in [0.25, 0.3) is 0 Å². The maximum atomic E-state index is 12.5. The van der Waals surface area contributed by atoms with E-state index in [9.17, 15) is 9.18 Å². The van der Waals surface area contributed by atoms with Crippen molar-refractivity contribution >= 4 is 5.91 Å². The Kier molecular flexibility index (Phi) is 2.84. The second-order valence-electron chi connectivity index (χ2n) is 2.73. The minimum absolute atomic E-state index is 0.126. The van der Waals surface area contributed by atoms with E-state index in [2.05, 4.69) is 16.9 Å². The van der Waals surface area contributed by atoms with Crippen LogP contribution in [0.2, 0.25) is 0 Å². The normalized spacial score (nSPS) is 12.2. The number of halogens is 1. The van der Waals surface area contributed by atoms with Gasteiger partial charge in [0, 0.05) is 18.3 Å². The molecule has 0 saturated carbocycles. The van der Waals surface area contributed by atoms with Crippen molar-refractivity contribution in [1.82, 2.24) is 10.3 Å². The van der Waals surface area contributed by atoms with Gasteiger partial charge in [0.2, 0.25) is 0 Å². The molecule has 3 nitrogen and oxygen atoms in total. The minimum Gasteiger partial charge on any atom is -0.355 e. The Balaban J connectivity index is 2.63. The molecule has 1 rings (SSSR count). The summed E-state index contributed by atoms with van der Waals surface area (Å²) in [5.41, 5.74) is 0.214. The van der Waals surface area contributed by atoms with Crippen molar-refractivity contribution in [2.75, 3.05) is 0 Å². The van der Waals surface area contributed by atoms with Crippen LogP contribution in [0.15, 0.2) is 24.9 Å². The first-order valence-electron chi connectivity index (χ1n) is 3.91. The van der Waals surface area contributed by atoms with Gasteiger partial charge in [-0.3, -0.25) is 4.79 Å². The lowest BCUT2D eigenvalue weighted by molar-refractivity contribution is 0.0942. The van der Waals surface area contributed by atoms with Gasteiger partial charge in [0.1, 0.15) is 11.5 Å². The summed E-state index contributed by atoms with van der Waals surface area (Å²) in [7, 11) is 0. The number of nitrogens with one attached hydrogen (secondary N) is 2. The molecule has 1 heterocycles. The van der Waals surface area contributed by atoms with E-state index in [1.807, 2.05) is 0 Å². The summed E-state index contributed by atoms with van der Waals surface area (Å²) < 4.78 is 12.5. The SMILES string of the molecule is C=CC(C)NC(=O)c1cc(F)c[nH]1. The highest BCUT2D eigenvalue weighted by atomic mass is 19.1. The van der Waals surface area contributed by atoms with Crippen molar-refractivity contribution in [3.05, 3.63) is 36.4 Å². The molecule has 0 aliphatic carbocycles. The number of carbonyl (C=O) groups excluding carboxylic acids is 1. The van der Waals surface area contributed by atoms with E-state index in [-0.39, 0.29) is 17.6 Å². The summed E-state index contributed by atoms with van der Waals surface area (Å²) in [6.07, 6.45) is 2.73. The Morgan fingerprint density at radius 2 is 2.54 bits per heavy atom. The molecule has 70 valence electrons. The Hall–Kier alpha value is -1.58. The van der Waals surface area contributed by atoms with Crippen molar-refractivity contribution in [2.24, 2.45) is 0 Å². The second-order valence-corrected chi connectivity index (χ2v) is 2.73. The molecule has 0 spiro atoms. The lowest BCUT2D eigenvalue weighted by Crippen LogP contribution is -2.31. The quantitative estimate of drug-likeness (QED) is 0.683. The standard InChI is InChI=1S/C9H11FN2O/c1-3-6(2)12-9(13)8-4-7(10)5-11-8/h3-6,11H,1H2,2H3,(H,12,13). The largest absolute Gasteiger partial charge is 0.355 e. The summed E-state index contributed by atoms with van der Waals surface area (Å²) in [4.78, 5) is 13.8. The Bertz CT molecular complexity index is 319. The molecular formula is C9H11FN2O. The van der Waals surface area contributed by atoms with Gasteiger partial charge < -0.3 is 10.3 Å². The van der Waals surface area contributed by atoms with Gasteiger partial charge in [-0.25, -0.2) is 4.39 Å². The molecule has 0 saturated heterocycles. The molecule has 1 aromatic heterocycles. The van der Waals surface area contributed by atoms with Gasteiger partial charge in [-0.05, 0) is 6.92 Å². The zero-order valence-corrected chi connectivity index (χ0v) is 7.30. The van der Waals surface area contributed by atoms with E-state index in [0.717, 1.165) is 12.3 Å². The number of rotatable bonds is 3. The first-order chi connectivity index (χ1) is 6.13. The average Bonchev–Trinajstić information content (AvgIpc) is 2.51. The number of hydrogen-bond donors (Lipinski definition) is 2. The highest BCUT2D eigenvalue weighted by Crippen LogP contribution is 2.00. The van der Waals surface area contributed by atoms with Crippen LogP contribution in [-0.4, -0.2) is 16.9 Å². The molecule has 4 heteroatoms. The van der Waals surface area contributed by atoms with E-state index in [4.69, 9.17) is 0 Å². The van der Waals surface area contributed by atoms with Crippen LogP contribution < -0.4 is 5.32 Å². The van der Waals surface area contributed by atoms with Crippen LogP contribution in [0, 0.1) is 5.82 Å². The minimum atomic E-state index is -0.448. The van der Waals surface area contributed by atoms with Crippen molar-refractivity contribution in [3.63, 3.8) is 0 Å². The topological polar surface area (TPSA) is 44.9 Å². The van der Waals surface area contributed by atoms with Crippen LogP contribution in [-0.2, 0) is 0 Å². The molecule has 1 unspecified atom stereocenters. The maximum Gasteiger partial charge on any atom is 0.268 e. The zero-order valence-electron chi connectivity index (χ0n) is 7.30. The van der Waals surface area contributed by atoms with Crippen LogP contribution >= 0.6 is 0 Å². The lowest BCUT2D eigenvalue weighted by Gasteiger charge is -2.06. The van der Waals surface area contributed by atoms with Gasteiger partial charge in [-0.1, -0.05) is 6.08 Å². The number of carbonyl (C=O) groups is 1. The third-order valence-electron chi connectivity index (χ3n) is 1.60. The second kappa shape index (κ2) is 3.89. The number of amides is 1. The highest BCUT2D eigenvalue weighted by Gasteiger charge is 2.09. The molecule has 0 aliphatic rings. The molecule has 2 N–H and O–H groups in total. The van der Waals surface area contributed by atoms with E-state index < -0.39 is 5.82 Å². The Morgan fingerprint density at radius 3 is 3.00 bits per heavy atom. The third kappa shape index (κ3) is 2.43. The fourth-order valence-electron chi connectivity index (χ4n) is 0.842. The molecule has 0 aliphatic heterocycles. The maximum absolute atomic E-state index is 12.5. The van der Waals surface area contributed by atoms with Gasteiger partial charge in [0.25, 0.3) is 5.91 Å². The number of H-pyrrole nitrogens is 1. The summed E-state index contributed by atoms with van der Waals surface area (Å²) >= 11 is 0. The van der Waals surface area contributed by atoms with E-state index in [1.165, 1.54) is 0 Å². The molecule has 1 amide bonds. The fourth-order valence-corrected chi connectivity index (χ4v) is 0.842. The average molecular weight is 182 g/mol. The predicted molar refractivity (Wildman–Crippen MR) is 47.9 cm³/mol. The molecule has 0 aromatic carbocycles. The van der Waals surface area contributed by atoms with Crippen LogP contribution in [0.5, 0.6) is 0 Å². The third-order valence-corrected chi connectivity index (χ3v) is 1.60. The molecule has 13 heavy (non-hydrogen) atoms. The molecule has 1 aromatic rings. The molecule has 0 radical (unpaired) electrons. The van der Waals surface area contributed by atoms with Crippen LogP contribution in [0.4, 0.5) is 4.39 Å². The van der Waals surface area contributed by atoms with Gasteiger partial charge in [-0.15, -0.1) is 6.58 Å². The van der Waals surface area contributed by atoms with E-state index >= 15 is 0 Å². The number of aromatic nitrogens is 1. The van der Waals surface area contributed by atoms with Gasteiger partial charge in [0.15, 0.2) is 0 Å². The number of aromatic amines is 1. The smallest absolute Gasteiger partial charge is 0.268 e. The van der Waals surface area contributed by atoms with Crippen molar-refractivity contribution < 1.29 is 9.18 Å². The summed E-state index contributed by atoms with van der Waals surface area (Å²) in [5, 5.41) is 2.60. The van der Waals surface area contributed by atoms with Gasteiger partial charge in [0.05, 0.1) is 0 Å². The van der Waals surface area contributed by atoms with Crippen LogP contribution in [0.1, 0.15) is 17.4 Å². The highest BCUT2D eigenvalue weighted by molar-refractivity contribution is 5.92. The first-order valence-corrected chi connectivity index (χ1v) is 3.91. The van der Waals surface area contributed by atoms with Crippen molar-refractivity contribution in [1.29, 1.82) is 0 Å². The van der Waals surface area contributed by atoms with E-state index in [1.54, 1.807) is 13.0 Å². The van der Waals surface area contributed by atoms with Crippen LogP contribution in [0.3, 0.4) is 0 Å². The predicted octanol–water partition coefficient (Wildman–Crippen LogP) is 1.46. The molecule has 1 atom stereocenters. The lowest BCUT2D eigenvalue weighted by atomic mass is 10.3. The van der Waals surface area contributed by atoms with Crippen molar-refractivity contribution in [2.45, 2.75) is 13.0 Å². The Morgan fingerprint density at radius 1 is 1.85 bits per heavy atom. The Labute approximate surface area is 75.7 Å². The molecular weight excluding hydrogens is 171 g/mol. The molecule has 0 fully saturated rings. The zero-order chi connectivity index (χ0) is 9.84. The first kappa shape index (κ1) is 9.51. The fraction of sp³-hybridized carbons (Fsp3) is 0.222. The molecule has 0 bridgehead atoms. The number of hydrogen-bond acceptors (Lipinski definition) is 1. The summed E-state index contributed by atoms with van der Waals surface area (Å²) in [5.74, 6) is -0.785. The van der Waals surface area contributed by atoms with Gasteiger partial charge in [-0.2, -0.15) is 0 Å². The monoisotopic (exact) mass is 182 g/mol. The van der Waals surface area contributed by atoms with Crippen molar-refractivity contribution in [3.8, 4) is 0 Å². The van der Waals surface area contributed by atoms with Gasteiger partial charge >= 0.3 is 0 Å². The summed E-state index contributed by atoms with van der Waals surface area (Å²) in [6.45, 7) is 5.30.